The first-order valence-electron chi connectivity index (χ1n) is 4.17. The summed E-state index contributed by atoms with van der Waals surface area (Å²) < 4.78 is 2.25. The lowest BCUT2D eigenvalue weighted by Gasteiger charge is -2.12. The zero-order valence-corrected chi connectivity index (χ0v) is 6.58. The molecule has 0 saturated heterocycles. The number of imidazole rings is 1. The molecule has 0 radical (unpaired) electrons. The van der Waals surface area contributed by atoms with E-state index in [-0.39, 0.29) is 0 Å². The molecule has 1 aromatic rings. The van der Waals surface area contributed by atoms with Gasteiger partial charge in [0.25, 0.3) is 0 Å². The molecule has 0 atom stereocenters. The van der Waals surface area contributed by atoms with Crippen LogP contribution in [0.4, 0.5) is 0 Å². The topological polar surface area (TPSA) is 29.9 Å². The number of rotatable bonds is 0. The van der Waals surface area contributed by atoms with Gasteiger partial charge in [0.05, 0.1) is 0 Å². The second-order valence-corrected chi connectivity index (χ2v) is 2.89. The molecule has 0 fully saturated rings. The maximum absolute atomic E-state index is 4.28. The second kappa shape index (κ2) is 3.05. The summed E-state index contributed by atoms with van der Waals surface area (Å²) in [4.78, 5) is 4.28. The molecule has 0 aromatic carbocycles. The number of aryl methyl sites for hydroxylation is 1. The molecule has 1 aromatic heterocycles. The maximum atomic E-state index is 4.28. The largest absolute Gasteiger partial charge is 0.335 e. The van der Waals surface area contributed by atoms with Gasteiger partial charge in [0.2, 0.25) is 0 Å². The van der Waals surface area contributed by atoms with Gasteiger partial charge >= 0.3 is 0 Å². The lowest BCUT2D eigenvalue weighted by atomic mass is 10.3. The molecule has 0 spiro atoms. The van der Waals surface area contributed by atoms with E-state index >= 15 is 0 Å². The van der Waals surface area contributed by atoms with Gasteiger partial charge in [0.1, 0.15) is 5.82 Å². The van der Waals surface area contributed by atoms with Crippen molar-refractivity contribution in [2.75, 3.05) is 13.1 Å². The first-order valence-corrected chi connectivity index (χ1v) is 4.17. The number of aromatic nitrogens is 2. The molecule has 2 rings (SSSR count). The third-order valence-corrected chi connectivity index (χ3v) is 2.08. The minimum atomic E-state index is 1.06. The van der Waals surface area contributed by atoms with Crippen molar-refractivity contribution >= 4 is 0 Å². The predicted octanol–water partition coefficient (Wildman–Crippen LogP) is 0.419. The highest BCUT2D eigenvalue weighted by Crippen LogP contribution is 2.01. The van der Waals surface area contributed by atoms with Crippen LogP contribution in [0.5, 0.6) is 0 Å². The summed E-state index contributed by atoms with van der Waals surface area (Å²) in [5, 5.41) is 3.36. The first kappa shape index (κ1) is 6.85. The van der Waals surface area contributed by atoms with Crippen molar-refractivity contribution in [2.45, 2.75) is 19.4 Å². The molecule has 3 nitrogen and oxygen atoms in total. The lowest BCUT2D eigenvalue weighted by molar-refractivity contribution is 0.527. The number of nitrogens with zero attached hydrogens (tertiary/aromatic N) is 2. The van der Waals surface area contributed by atoms with Crippen LogP contribution in [-0.2, 0) is 13.0 Å². The maximum Gasteiger partial charge on any atom is 0.109 e. The van der Waals surface area contributed by atoms with Crippen molar-refractivity contribution in [3.8, 4) is 0 Å². The highest BCUT2D eigenvalue weighted by Gasteiger charge is 2.04. The fourth-order valence-electron chi connectivity index (χ4n) is 1.47. The quantitative estimate of drug-likeness (QED) is 0.582. The summed E-state index contributed by atoms with van der Waals surface area (Å²) >= 11 is 0. The molecule has 2 heterocycles. The van der Waals surface area contributed by atoms with E-state index < -0.39 is 0 Å². The predicted molar refractivity (Wildman–Crippen MR) is 43.4 cm³/mol. The molecule has 3 heteroatoms. The van der Waals surface area contributed by atoms with Crippen LogP contribution in [0.15, 0.2) is 12.4 Å². The fourth-order valence-corrected chi connectivity index (χ4v) is 1.47. The fraction of sp³-hybridized carbons (Fsp3) is 0.625. The summed E-state index contributed by atoms with van der Waals surface area (Å²) in [6, 6.07) is 0. The van der Waals surface area contributed by atoms with Crippen LogP contribution in [0.1, 0.15) is 12.2 Å². The van der Waals surface area contributed by atoms with Crippen molar-refractivity contribution in [3.05, 3.63) is 18.2 Å². The number of nitrogens with one attached hydrogen (secondary N) is 1. The van der Waals surface area contributed by atoms with E-state index in [1.165, 1.54) is 12.2 Å². The van der Waals surface area contributed by atoms with Gasteiger partial charge in [-0.05, 0) is 13.0 Å². The van der Waals surface area contributed by atoms with Crippen LogP contribution in [0.25, 0.3) is 0 Å². The zero-order chi connectivity index (χ0) is 7.52. The van der Waals surface area contributed by atoms with Crippen molar-refractivity contribution < 1.29 is 0 Å². The molecule has 1 N–H and O–H groups in total. The molecule has 0 saturated carbocycles. The van der Waals surface area contributed by atoms with Crippen molar-refractivity contribution in [1.82, 2.24) is 14.9 Å². The van der Waals surface area contributed by atoms with Gasteiger partial charge in [-0.2, -0.15) is 0 Å². The summed E-state index contributed by atoms with van der Waals surface area (Å²) in [7, 11) is 0. The monoisotopic (exact) mass is 151 g/mol. The van der Waals surface area contributed by atoms with Crippen LogP contribution in [0, 0.1) is 0 Å². The van der Waals surface area contributed by atoms with E-state index in [4.69, 9.17) is 0 Å². The Labute approximate surface area is 66.4 Å². The molecule has 0 amide bonds. The van der Waals surface area contributed by atoms with Gasteiger partial charge in [-0.25, -0.2) is 4.98 Å². The molecule has 1 aliphatic heterocycles. The van der Waals surface area contributed by atoms with Crippen LogP contribution < -0.4 is 5.32 Å². The van der Waals surface area contributed by atoms with Gasteiger partial charge in [0, 0.05) is 31.9 Å². The third kappa shape index (κ3) is 1.43. The second-order valence-electron chi connectivity index (χ2n) is 2.89. The standard InChI is InChI=1S/C8H13N3/c1-3-9-4-2-8-10-5-7-11(8)6-1/h5,7,9H,1-4,6H2. The first-order chi connectivity index (χ1) is 5.47. The normalized spacial score (nSPS) is 18.5. The van der Waals surface area contributed by atoms with Crippen molar-refractivity contribution in [3.63, 3.8) is 0 Å². The van der Waals surface area contributed by atoms with Crippen molar-refractivity contribution in [1.29, 1.82) is 0 Å². The summed E-state index contributed by atoms with van der Waals surface area (Å²) in [5.41, 5.74) is 0. The Morgan fingerprint density at radius 1 is 1.45 bits per heavy atom. The summed E-state index contributed by atoms with van der Waals surface area (Å²) in [6.45, 7) is 3.32. The van der Waals surface area contributed by atoms with E-state index in [9.17, 15) is 0 Å². The molecule has 11 heavy (non-hydrogen) atoms. The van der Waals surface area contributed by atoms with E-state index in [0.29, 0.717) is 0 Å². The third-order valence-electron chi connectivity index (χ3n) is 2.08. The molecule has 0 bridgehead atoms. The van der Waals surface area contributed by atoms with E-state index in [1.807, 2.05) is 6.20 Å². The van der Waals surface area contributed by atoms with Gasteiger partial charge in [0.15, 0.2) is 0 Å². The summed E-state index contributed by atoms with van der Waals surface area (Å²) in [5.74, 6) is 1.22. The highest BCUT2D eigenvalue weighted by molar-refractivity contribution is 4.93. The van der Waals surface area contributed by atoms with Crippen LogP contribution >= 0.6 is 0 Å². The SMILES string of the molecule is c1cn2c(n1)CCNCCC2. The molecular weight excluding hydrogens is 138 g/mol. The van der Waals surface area contributed by atoms with Gasteiger partial charge in [-0.15, -0.1) is 0 Å². The number of hydrogen-bond acceptors (Lipinski definition) is 2. The Morgan fingerprint density at radius 3 is 3.45 bits per heavy atom. The van der Waals surface area contributed by atoms with Crippen molar-refractivity contribution in [2.24, 2.45) is 0 Å². The number of hydrogen-bond donors (Lipinski definition) is 1. The molecule has 0 unspecified atom stereocenters. The molecule has 1 aliphatic rings. The zero-order valence-electron chi connectivity index (χ0n) is 6.58. The van der Waals surface area contributed by atoms with E-state index in [2.05, 4.69) is 21.1 Å². The molecular formula is C8H13N3. The highest BCUT2D eigenvalue weighted by atomic mass is 15.1. The van der Waals surface area contributed by atoms with E-state index in [0.717, 1.165) is 26.1 Å². The average molecular weight is 151 g/mol. The Hall–Kier alpha value is -0.830. The molecule has 0 aliphatic carbocycles. The smallest absolute Gasteiger partial charge is 0.109 e. The Bertz CT molecular complexity index is 206. The van der Waals surface area contributed by atoms with E-state index in [1.54, 1.807) is 0 Å². The van der Waals surface area contributed by atoms with Crippen LogP contribution in [-0.4, -0.2) is 22.6 Å². The van der Waals surface area contributed by atoms with Gasteiger partial charge in [-0.1, -0.05) is 0 Å². The Morgan fingerprint density at radius 2 is 2.45 bits per heavy atom. The Balaban J connectivity index is 2.18. The Kier molecular flexibility index (Phi) is 1.90. The number of fused-ring (bicyclic) bond motifs is 1. The van der Waals surface area contributed by atoms with Crippen LogP contribution in [0.3, 0.4) is 0 Å². The molecule has 60 valence electrons. The van der Waals surface area contributed by atoms with Gasteiger partial charge < -0.3 is 9.88 Å². The minimum Gasteiger partial charge on any atom is -0.335 e. The summed E-state index contributed by atoms with van der Waals surface area (Å²) in [6.07, 6.45) is 6.23. The average Bonchev–Trinajstić information content (AvgIpc) is 2.35. The van der Waals surface area contributed by atoms with Crippen LogP contribution in [0.2, 0.25) is 0 Å². The van der Waals surface area contributed by atoms with Gasteiger partial charge in [-0.3, -0.25) is 0 Å². The minimum absolute atomic E-state index is 1.06. The lowest BCUT2D eigenvalue weighted by Crippen LogP contribution is -2.24.